The van der Waals surface area contributed by atoms with Gasteiger partial charge in [-0.15, -0.1) is 0 Å². The fourth-order valence-corrected chi connectivity index (χ4v) is 2.58. The van der Waals surface area contributed by atoms with Crippen LogP contribution in [-0.4, -0.2) is 36.1 Å². The van der Waals surface area contributed by atoms with Gasteiger partial charge in [-0.05, 0) is 31.2 Å². The number of pyridine rings is 2. The number of aromatic nitrogens is 2. The molecule has 1 fully saturated rings. The van der Waals surface area contributed by atoms with E-state index in [4.69, 9.17) is 5.73 Å². The Hall–Kier alpha value is -2.30. The summed E-state index contributed by atoms with van der Waals surface area (Å²) in [4.78, 5) is 13.3. The topological polar surface area (TPSA) is 58.3 Å². The Morgan fingerprint density at radius 1 is 1.00 bits per heavy atom. The van der Waals surface area contributed by atoms with Crippen LogP contribution in [0.15, 0.2) is 36.7 Å². The lowest BCUT2D eigenvalue weighted by Crippen LogP contribution is -2.47. The summed E-state index contributed by atoms with van der Waals surface area (Å²) >= 11 is 0. The van der Waals surface area contributed by atoms with Gasteiger partial charge in [0, 0.05) is 50.0 Å². The smallest absolute Gasteiger partial charge is 0.151 e. The molecule has 2 aromatic rings. The quantitative estimate of drug-likeness (QED) is 0.899. The standard InChI is InChI=1S/C15H19N5/c1-12-11-13(4-6-17-12)19-7-9-20(10-8-19)15-14(16)3-2-5-18-15/h2-6,11H,7-10,16H2,1H3. The minimum atomic E-state index is 0.751. The molecule has 5 heteroatoms. The number of piperazine rings is 1. The maximum atomic E-state index is 5.99. The Morgan fingerprint density at radius 3 is 2.45 bits per heavy atom. The predicted octanol–water partition coefficient (Wildman–Crippen LogP) is 1.69. The van der Waals surface area contributed by atoms with Crippen LogP contribution in [0.4, 0.5) is 17.2 Å². The molecule has 0 bridgehead atoms. The van der Waals surface area contributed by atoms with Crippen molar-refractivity contribution in [2.75, 3.05) is 41.7 Å². The number of hydrogen-bond donors (Lipinski definition) is 1. The molecule has 0 unspecified atom stereocenters. The number of rotatable bonds is 2. The zero-order chi connectivity index (χ0) is 13.9. The lowest BCUT2D eigenvalue weighted by Gasteiger charge is -2.37. The number of hydrogen-bond acceptors (Lipinski definition) is 5. The highest BCUT2D eigenvalue weighted by Gasteiger charge is 2.19. The molecule has 0 atom stereocenters. The number of aryl methyl sites for hydroxylation is 1. The molecule has 0 aromatic carbocycles. The van der Waals surface area contributed by atoms with Crippen molar-refractivity contribution in [1.29, 1.82) is 0 Å². The molecule has 1 aliphatic rings. The van der Waals surface area contributed by atoms with E-state index in [9.17, 15) is 0 Å². The minimum Gasteiger partial charge on any atom is -0.396 e. The van der Waals surface area contributed by atoms with Crippen molar-refractivity contribution in [2.24, 2.45) is 0 Å². The SMILES string of the molecule is Cc1cc(N2CCN(c3ncccc3N)CC2)ccn1. The van der Waals surface area contributed by atoms with Crippen molar-refractivity contribution in [3.05, 3.63) is 42.4 Å². The van der Waals surface area contributed by atoms with E-state index >= 15 is 0 Å². The minimum absolute atomic E-state index is 0.751. The van der Waals surface area contributed by atoms with E-state index in [0.717, 1.165) is 43.4 Å². The van der Waals surface area contributed by atoms with Gasteiger partial charge in [-0.1, -0.05) is 0 Å². The van der Waals surface area contributed by atoms with E-state index in [-0.39, 0.29) is 0 Å². The molecule has 0 radical (unpaired) electrons. The zero-order valence-electron chi connectivity index (χ0n) is 11.7. The molecule has 0 aliphatic carbocycles. The van der Waals surface area contributed by atoms with Crippen LogP contribution < -0.4 is 15.5 Å². The van der Waals surface area contributed by atoms with Crippen LogP contribution in [0.25, 0.3) is 0 Å². The first-order valence-corrected chi connectivity index (χ1v) is 6.87. The van der Waals surface area contributed by atoms with E-state index in [0.29, 0.717) is 0 Å². The Labute approximate surface area is 119 Å². The Balaban J connectivity index is 1.70. The van der Waals surface area contributed by atoms with Crippen LogP contribution in [0.5, 0.6) is 0 Å². The van der Waals surface area contributed by atoms with Crippen molar-refractivity contribution in [1.82, 2.24) is 9.97 Å². The first kappa shape index (κ1) is 12.7. The Kier molecular flexibility index (Phi) is 3.41. The van der Waals surface area contributed by atoms with Crippen molar-refractivity contribution in [3.8, 4) is 0 Å². The molecular weight excluding hydrogens is 250 g/mol. The summed E-state index contributed by atoms with van der Waals surface area (Å²) < 4.78 is 0. The summed E-state index contributed by atoms with van der Waals surface area (Å²) in [5.74, 6) is 0.901. The summed E-state index contributed by atoms with van der Waals surface area (Å²) in [6.07, 6.45) is 3.66. The molecule has 104 valence electrons. The van der Waals surface area contributed by atoms with Gasteiger partial charge in [-0.2, -0.15) is 0 Å². The molecule has 0 saturated carbocycles. The lowest BCUT2D eigenvalue weighted by atomic mass is 10.2. The summed E-state index contributed by atoms with van der Waals surface area (Å²) in [6, 6.07) is 7.97. The van der Waals surface area contributed by atoms with E-state index in [2.05, 4.69) is 31.9 Å². The summed E-state index contributed by atoms with van der Waals surface area (Å²) in [5, 5.41) is 0. The van der Waals surface area contributed by atoms with Crippen molar-refractivity contribution >= 4 is 17.2 Å². The van der Waals surface area contributed by atoms with Gasteiger partial charge < -0.3 is 15.5 Å². The summed E-state index contributed by atoms with van der Waals surface area (Å²) in [5.41, 5.74) is 9.04. The molecule has 1 aliphatic heterocycles. The van der Waals surface area contributed by atoms with E-state index in [1.807, 2.05) is 25.3 Å². The van der Waals surface area contributed by atoms with Gasteiger partial charge in [-0.3, -0.25) is 4.98 Å². The van der Waals surface area contributed by atoms with Gasteiger partial charge in [-0.25, -0.2) is 4.98 Å². The van der Waals surface area contributed by atoms with Crippen LogP contribution >= 0.6 is 0 Å². The molecule has 20 heavy (non-hydrogen) atoms. The molecule has 3 rings (SSSR count). The van der Waals surface area contributed by atoms with Crippen LogP contribution in [0.3, 0.4) is 0 Å². The van der Waals surface area contributed by atoms with Gasteiger partial charge in [0.15, 0.2) is 5.82 Å². The second kappa shape index (κ2) is 5.36. The number of nitrogens with zero attached hydrogens (tertiary/aromatic N) is 4. The Morgan fingerprint density at radius 2 is 1.75 bits per heavy atom. The van der Waals surface area contributed by atoms with Gasteiger partial charge in [0.25, 0.3) is 0 Å². The van der Waals surface area contributed by atoms with Gasteiger partial charge in [0.05, 0.1) is 5.69 Å². The van der Waals surface area contributed by atoms with Crippen molar-refractivity contribution < 1.29 is 0 Å². The van der Waals surface area contributed by atoms with Crippen LogP contribution in [0.1, 0.15) is 5.69 Å². The number of nitrogen functional groups attached to an aromatic ring is 1. The van der Waals surface area contributed by atoms with Gasteiger partial charge in [0.1, 0.15) is 0 Å². The van der Waals surface area contributed by atoms with Crippen LogP contribution in [0.2, 0.25) is 0 Å². The fraction of sp³-hybridized carbons (Fsp3) is 0.333. The number of nitrogens with two attached hydrogens (primary N) is 1. The highest BCUT2D eigenvalue weighted by molar-refractivity contribution is 5.63. The molecular formula is C15H19N5. The first-order valence-electron chi connectivity index (χ1n) is 6.87. The average molecular weight is 269 g/mol. The zero-order valence-corrected chi connectivity index (χ0v) is 11.7. The van der Waals surface area contributed by atoms with E-state index < -0.39 is 0 Å². The molecule has 2 N–H and O–H groups in total. The molecule has 5 nitrogen and oxygen atoms in total. The average Bonchev–Trinajstić information content (AvgIpc) is 2.48. The van der Waals surface area contributed by atoms with Gasteiger partial charge >= 0.3 is 0 Å². The molecule has 0 spiro atoms. The molecule has 1 saturated heterocycles. The largest absolute Gasteiger partial charge is 0.396 e. The maximum Gasteiger partial charge on any atom is 0.151 e. The number of anilines is 3. The maximum absolute atomic E-state index is 5.99. The predicted molar refractivity (Wildman–Crippen MR) is 82.0 cm³/mol. The van der Waals surface area contributed by atoms with Crippen molar-refractivity contribution in [2.45, 2.75) is 6.92 Å². The van der Waals surface area contributed by atoms with E-state index in [1.54, 1.807) is 6.20 Å². The van der Waals surface area contributed by atoms with Gasteiger partial charge in [0.2, 0.25) is 0 Å². The monoisotopic (exact) mass is 269 g/mol. The van der Waals surface area contributed by atoms with Crippen LogP contribution in [-0.2, 0) is 0 Å². The van der Waals surface area contributed by atoms with Crippen LogP contribution in [0, 0.1) is 6.92 Å². The summed E-state index contributed by atoms with van der Waals surface area (Å²) in [6.45, 7) is 5.83. The third kappa shape index (κ3) is 2.52. The van der Waals surface area contributed by atoms with Crippen molar-refractivity contribution in [3.63, 3.8) is 0 Å². The highest BCUT2D eigenvalue weighted by Crippen LogP contribution is 2.23. The first-order chi connectivity index (χ1) is 9.74. The highest BCUT2D eigenvalue weighted by atomic mass is 15.3. The normalized spacial score (nSPS) is 15.4. The second-order valence-electron chi connectivity index (χ2n) is 5.05. The third-order valence-corrected chi connectivity index (χ3v) is 3.64. The Bertz CT molecular complexity index is 590. The fourth-order valence-electron chi connectivity index (χ4n) is 2.58. The summed E-state index contributed by atoms with van der Waals surface area (Å²) in [7, 11) is 0. The lowest BCUT2D eigenvalue weighted by molar-refractivity contribution is 0.648. The molecule has 0 amide bonds. The molecule has 3 heterocycles. The third-order valence-electron chi connectivity index (χ3n) is 3.64. The molecule has 2 aromatic heterocycles. The van der Waals surface area contributed by atoms with E-state index in [1.165, 1.54) is 5.69 Å². The second-order valence-corrected chi connectivity index (χ2v) is 5.05.